The highest BCUT2D eigenvalue weighted by Crippen LogP contribution is 2.03. The summed E-state index contributed by atoms with van der Waals surface area (Å²) in [7, 11) is 0. The van der Waals surface area contributed by atoms with Crippen LogP contribution in [0.15, 0.2) is 59.7 Å². The summed E-state index contributed by atoms with van der Waals surface area (Å²) in [5, 5.41) is 2.63. The lowest BCUT2D eigenvalue weighted by Crippen LogP contribution is -2.31. The van der Waals surface area contributed by atoms with E-state index in [1.807, 2.05) is 0 Å². The maximum Gasteiger partial charge on any atom is 0.270 e. The number of nitrogens with zero attached hydrogens (tertiary/aromatic N) is 2. The summed E-state index contributed by atoms with van der Waals surface area (Å²) in [6.45, 7) is 0.204. The number of amides is 1. The second kappa shape index (κ2) is 5.77. The van der Waals surface area contributed by atoms with Crippen LogP contribution in [0.2, 0.25) is 0 Å². The lowest BCUT2D eigenvalue weighted by molar-refractivity contribution is 0.0949. The first-order valence-corrected chi connectivity index (χ1v) is 6.64. The summed E-state index contributed by atoms with van der Waals surface area (Å²) in [6.07, 6.45) is 2.82. The second-order valence-corrected chi connectivity index (χ2v) is 4.72. The van der Waals surface area contributed by atoms with Crippen molar-refractivity contribution < 1.29 is 9.18 Å². The molecule has 1 amide bonds. The number of aromatic nitrogens is 2. The van der Waals surface area contributed by atoms with E-state index in [9.17, 15) is 14.0 Å². The number of fused-ring (bicyclic) bond motifs is 1. The number of halogens is 1. The van der Waals surface area contributed by atoms with Crippen molar-refractivity contribution in [1.82, 2.24) is 14.7 Å². The summed E-state index contributed by atoms with van der Waals surface area (Å²) in [5.41, 5.74) is 0.749. The van der Waals surface area contributed by atoms with Crippen LogP contribution >= 0.6 is 0 Å². The molecule has 3 rings (SSSR count). The molecule has 0 atom stereocenters. The third-order valence-electron chi connectivity index (χ3n) is 3.22. The maximum absolute atomic E-state index is 12.8. The third kappa shape index (κ3) is 2.71. The Hall–Kier alpha value is -3.02. The normalized spacial score (nSPS) is 10.6. The molecule has 0 spiro atoms. The average molecular weight is 297 g/mol. The number of carbonyl (C=O) groups is 1. The highest BCUT2D eigenvalue weighted by atomic mass is 19.1. The van der Waals surface area contributed by atoms with E-state index in [4.69, 9.17) is 0 Å². The lowest BCUT2D eigenvalue weighted by atomic mass is 10.2. The Kier molecular flexibility index (Phi) is 3.65. The van der Waals surface area contributed by atoms with Gasteiger partial charge < -0.3 is 5.32 Å². The van der Waals surface area contributed by atoms with Gasteiger partial charge in [0.15, 0.2) is 0 Å². The van der Waals surface area contributed by atoms with Gasteiger partial charge in [-0.2, -0.15) is 0 Å². The molecule has 22 heavy (non-hydrogen) atoms. The molecule has 110 valence electrons. The quantitative estimate of drug-likeness (QED) is 0.801. The van der Waals surface area contributed by atoms with Crippen molar-refractivity contribution in [2.45, 2.75) is 6.54 Å². The van der Waals surface area contributed by atoms with Gasteiger partial charge in [0.25, 0.3) is 11.5 Å². The van der Waals surface area contributed by atoms with Gasteiger partial charge in [-0.3, -0.25) is 14.0 Å². The fourth-order valence-electron chi connectivity index (χ4n) is 2.06. The molecule has 0 saturated heterocycles. The molecule has 0 unspecified atom stereocenters. The van der Waals surface area contributed by atoms with Gasteiger partial charge in [0.1, 0.15) is 17.0 Å². The van der Waals surface area contributed by atoms with Gasteiger partial charge in [-0.15, -0.1) is 0 Å². The van der Waals surface area contributed by atoms with Gasteiger partial charge >= 0.3 is 0 Å². The largest absolute Gasteiger partial charge is 0.348 e. The molecule has 0 fully saturated rings. The average Bonchev–Trinajstić information content (AvgIpc) is 2.55. The van der Waals surface area contributed by atoms with Crippen LogP contribution in [-0.4, -0.2) is 15.3 Å². The maximum atomic E-state index is 12.8. The van der Waals surface area contributed by atoms with Crippen LogP contribution in [0.25, 0.3) is 5.65 Å². The van der Waals surface area contributed by atoms with Gasteiger partial charge in [0.2, 0.25) is 0 Å². The Morgan fingerprint density at radius 3 is 2.73 bits per heavy atom. The van der Waals surface area contributed by atoms with Crippen LogP contribution in [-0.2, 0) is 6.54 Å². The monoisotopic (exact) mass is 297 g/mol. The Morgan fingerprint density at radius 2 is 1.95 bits per heavy atom. The minimum atomic E-state index is -0.514. The minimum Gasteiger partial charge on any atom is -0.348 e. The highest BCUT2D eigenvalue weighted by molar-refractivity contribution is 5.93. The Bertz CT molecular complexity index is 888. The standard InChI is InChI=1S/C16H12FN3O2/c17-12-6-4-11(5-7-12)9-19-15(21)13-10-18-14-3-1-2-8-20(14)16(13)22/h1-8,10H,9H2,(H,19,21). The van der Waals surface area contributed by atoms with Gasteiger partial charge in [-0.25, -0.2) is 9.37 Å². The molecular weight excluding hydrogens is 285 g/mol. The molecule has 6 heteroatoms. The smallest absolute Gasteiger partial charge is 0.270 e. The van der Waals surface area contributed by atoms with Crippen LogP contribution in [0.3, 0.4) is 0 Å². The summed E-state index contributed by atoms with van der Waals surface area (Å²) in [6, 6.07) is 10.9. The summed E-state index contributed by atoms with van der Waals surface area (Å²) in [4.78, 5) is 28.4. The number of nitrogens with one attached hydrogen (secondary N) is 1. The molecule has 0 radical (unpaired) electrons. The van der Waals surface area contributed by atoms with Crippen molar-refractivity contribution in [2.75, 3.05) is 0 Å². The van der Waals surface area contributed by atoms with Gasteiger partial charge in [0, 0.05) is 18.9 Å². The summed E-state index contributed by atoms with van der Waals surface area (Å²) < 4.78 is 14.1. The first-order chi connectivity index (χ1) is 10.6. The molecular formula is C16H12FN3O2. The van der Waals surface area contributed by atoms with Crippen molar-refractivity contribution in [2.24, 2.45) is 0 Å². The molecule has 0 aliphatic carbocycles. The van der Waals surface area contributed by atoms with Crippen LogP contribution in [0.4, 0.5) is 4.39 Å². The molecule has 2 heterocycles. The number of hydrogen-bond donors (Lipinski definition) is 1. The predicted octanol–water partition coefficient (Wildman–Crippen LogP) is 1.76. The summed E-state index contributed by atoms with van der Waals surface area (Å²) in [5.74, 6) is -0.855. The van der Waals surface area contributed by atoms with Crippen LogP contribution in [0, 0.1) is 5.82 Å². The van der Waals surface area contributed by atoms with E-state index in [0.717, 1.165) is 5.56 Å². The van der Waals surface area contributed by atoms with E-state index < -0.39 is 11.5 Å². The van der Waals surface area contributed by atoms with Crippen LogP contribution in [0.5, 0.6) is 0 Å². The van der Waals surface area contributed by atoms with Gasteiger partial charge in [0.05, 0.1) is 0 Å². The Balaban J connectivity index is 1.82. The van der Waals surface area contributed by atoms with Crippen molar-refractivity contribution in [3.8, 4) is 0 Å². The number of pyridine rings is 1. The van der Waals surface area contributed by atoms with Crippen LogP contribution in [0.1, 0.15) is 15.9 Å². The molecule has 3 aromatic rings. The topological polar surface area (TPSA) is 63.5 Å². The molecule has 1 N–H and O–H groups in total. The van der Waals surface area contributed by atoms with E-state index in [2.05, 4.69) is 10.3 Å². The zero-order valence-corrected chi connectivity index (χ0v) is 11.5. The molecule has 0 saturated carbocycles. The number of benzene rings is 1. The van der Waals surface area contributed by atoms with Crippen molar-refractivity contribution >= 4 is 11.6 Å². The summed E-state index contributed by atoms with van der Waals surface area (Å²) >= 11 is 0. The van der Waals surface area contributed by atoms with E-state index in [-0.39, 0.29) is 17.9 Å². The lowest BCUT2D eigenvalue weighted by Gasteiger charge is -2.06. The Morgan fingerprint density at radius 1 is 1.18 bits per heavy atom. The van der Waals surface area contributed by atoms with E-state index in [0.29, 0.717) is 5.65 Å². The fourth-order valence-corrected chi connectivity index (χ4v) is 2.06. The molecule has 0 aliphatic rings. The van der Waals surface area contributed by atoms with E-state index in [1.54, 1.807) is 36.5 Å². The molecule has 1 aromatic carbocycles. The minimum absolute atomic E-state index is 0.0363. The fraction of sp³-hybridized carbons (Fsp3) is 0.0625. The number of carbonyl (C=O) groups excluding carboxylic acids is 1. The zero-order valence-electron chi connectivity index (χ0n) is 11.5. The number of rotatable bonds is 3. The van der Waals surface area contributed by atoms with Crippen LogP contribution < -0.4 is 10.9 Å². The van der Waals surface area contributed by atoms with E-state index >= 15 is 0 Å². The first-order valence-electron chi connectivity index (χ1n) is 6.64. The highest BCUT2D eigenvalue weighted by Gasteiger charge is 2.12. The third-order valence-corrected chi connectivity index (χ3v) is 3.22. The SMILES string of the molecule is O=C(NCc1ccc(F)cc1)c1cnc2ccccn2c1=O. The van der Waals surface area contributed by atoms with Crippen molar-refractivity contribution in [1.29, 1.82) is 0 Å². The molecule has 5 nitrogen and oxygen atoms in total. The predicted molar refractivity (Wildman–Crippen MR) is 79.0 cm³/mol. The molecule has 0 bridgehead atoms. The zero-order chi connectivity index (χ0) is 15.5. The number of hydrogen-bond acceptors (Lipinski definition) is 3. The van der Waals surface area contributed by atoms with E-state index in [1.165, 1.54) is 22.7 Å². The molecule has 0 aliphatic heterocycles. The Labute approximate surface area is 125 Å². The van der Waals surface area contributed by atoms with Gasteiger partial charge in [-0.1, -0.05) is 18.2 Å². The van der Waals surface area contributed by atoms with Crippen molar-refractivity contribution in [3.63, 3.8) is 0 Å². The molecule has 2 aromatic heterocycles. The second-order valence-electron chi connectivity index (χ2n) is 4.72. The van der Waals surface area contributed by atoms with Crippen molar-refractivity contribution in [3.05, 3.63) is 82.2 Å². The van der Waals surface area contributed by atoms with Gasteiger partial charge in [-0.05, 0) is 29.8 Å². The first kappa shape index (κ1) is 13.9.